The van der Waals surface area contributed by atoms with E-state index < -0.39 is 0 Å². The molecule has 0 radical (unpaired) electrons. The van der Waals surface area contributed by atoms with E-state index in [-0.39, 0.29) is 0 Å². The van der Waals surface area contributed by atoms with Gasteiger partial charge < -0.3 is 18.4 Å². The van der Waals surface area contributed by atoms with E-state index in [1.807, 2.05) is 43.3 Å². The summed E-state index contributed by atoms with van der Waals surface area (Å²) in [5.41, 5.74) is 3.36. The Bertz CT molecular complexity index is 1080. The van der Waals surface area contributed by atoms with Gasteiger partial charge in [-0.15, -0.1) is 0 Å². The fraction of sp³-hybridized carbons (Fsp3) is 0.250. The molecule has 0 saturated carbocycles. The first-order valence-corrected chi connectivity index (χ1v) is 8.63. The Morgan fingerprint density at radius 1 is 0.926 bits per heavy atom. The summed E-state index contributed by atoms with van der Waals surface area (Å²) in [5.74, 6) is 3.10. The molecule has 138 valence electrons. The molecule has 27 heavy (non-hydrogen) atoms. The number of oxazole rings is 1. The number of aryl methyl sites for hydroxylation is 1. The van der Waals surface area contributed by atoms with E-state index in [9.17, 15) is 0 Å². The van der Waals surface area contributed by atoms with Crippen molar-refractivity contribution >= 4 is 11.1 Å². The van der Waals surface area contributed by atoms with Crippen LogP contribution in [0.15, 0.2) is 45.3 Å². The molecule has 2 heterocycles. The smallest absolute Gasteiger partial charge is 0.231 e. The number of aromatic nitrogens is 3. The van der Waals surface area contributed by atoms with Crippen molar-refractivity contribution in [3.8, 4) is 22.9 Å². The predicted octanol–water partition coefficient (Wildman–Crippen LogP) is 4.05. The molecular weight excluding hydrogens is 346 g/mol. The van der Waals surface area contributed by atoms with Gasteiger partial charge in [0.15, 0.2) is 23.0 Å². The van der Waals surface area contributed by atoms with Crippen LogP contribution in [0, 0.1) is 0 Å². The van der Waals surface area contributed by atoms with E-state index in [1.165, 1.54) is 0 Å². The number of benzene rings is 2. The summed E-state index contributed by atoms with van der Waals surface area (Å²) in [6.45, 7) is 2.01. The van der Waals surface area contributed by atoms with Crippen molar-refractivity contribution in [2.45, 2.75) is 19.8 Å². The first kappa shape index (κ1) is 17.1. The molecule has 0 bridgehead atoms. The minimum Gasteiger partial charge on any atom is -0.493 e. The molecule has 0 spiro atoms. The predicted molar refractivity (Wildman–Crippen MR) is 99.0 cm³/mol. The Morgan fingerprint density at radius 2 is 1.78 bits per heavy atom. The lowest BCUT2D eigenvalue weighted by molar-refractivity contribution is 0.354. The highest BCUT2D eigenvalue weighted by atomic mass is 16.5. The zero-order chi connectivity index (χ0) is 18.8. The number of ether oxygens (including phenoxy) is 2. The highest BCUT2D eigenvalue weighted by Gasteiger charge is 2.13. The number of hydrogen-bond acceptors (Lipinski definition) is 7. The molecular formula is C20H19N3O4. The standard InChI is InChI=1S/C20H19N3O4/c1-4-18-21-14-11-13(6-8-15(14)26-18)20-22-19(27-23-20)10-12-5-7-16(24-2)17(9-12)25-3/h5-9,11H,4,10H2,1-3H3. The summed E-state index contributed by atoms with van der Waals surface area (Å²) < 4.78 is 21.6. The van der Waals surface area contributed by atoms with Crippen LogP contribution in [0.2, 0.25) is 0 Å². The van der Waals surface area contributed by atoms with E-state index in [4.69, 9.17) is 18.4 Å². The van der Waals surface area contributed by atoms with Crippen LogP contribution in [-0.2, 0) is 12.8 Å². The lowest BCUT2D eigenvalue weighted by atomic mass is 10.1. The van der Waals surface area contributed by atoms with Crippen LogP contribution >= 0.6 is 0 Å². The third-order valence-electron chi connectivity index (χ3n) is 4.26. The molecule has 0 aliphatic heterocycles. The van der Waals surface area contributed by atoms with Gasteiger partial charge in [0, 0.05) is 12.0 Å². The van der Waals surface area contributed by atoms with Gasteiger partial charge in [0.25, 0.3) is 0 Å². The summed E-state index contributed by atoms with van der Waals surface area (Å²) in [7, 11) is 3.22. The Labute approximate surface area is 155 Å². The summed E-state index contributed by atoms with van der Waals surface area (Å²) >= 11 is 0. The molecule has 0 unspecified atom stereocenters. The second kappa shape index (κ2) is 7.11. The first-order valence-electron chi connectivity index (χ1n) is 8.63. The van der Waals surface area contributed by atoms with Gasteiger partial charge in [-0.25, -0.2) is 4.98 Å². The molecule has 4 rings (SSSR count). The molecule has 0 aliphatic carbocycles. The van der Waals surface area contributed by atoms with Crippen LogP contribution < -0.4 is 9.47 Å². The highest BCUT2D eigenvalue weighted by molar-refractivity contribution is 5.78. The maximum absolute atomic E-state index is 5.64. The van der Waals surface area contributed by atoms with Crippen LogP contribution in [0.1, 0.15) is 24.3 Å². The van der Waals surface area contributed by atoms with Gasteiger partial charge in [-0.3, -0.25) is 0 Å². The molecule has 7 heteroatoms. The SMILES string of the molecule is CCc1nc2cc(-c3noc(Cc4ccc(OC)c(OC)c4)n3)ccc2o1. The van der Waals surface area contributed by atoms with Crippen LogP contribution in [0.25, 0.3) is 22.5 Å². The van der Waals surface area contributed by atoms with Crippen molar-refractivity contribution in [1.82, 2.24) is 15.1 Å². The van der Waals surface area contributed by atoms with E-state index >= 15 is 0 Å². The van der Waals surface area contributed by atoms with Crippen LogP contribution in [-0.4, -0.2) is 29.3 Å². The van der Waals surface area contributed by atoms with Gasteiger partial charge in [0.2, 0.25) is 11.7 Å². The van der Waals surface area contributed by atoms with Crippen molar-refractivity contribution in [2.24, 2.45) is 0 Å². The Hall–Kier alpha value is -3.35. The third kappa shape index (κ3) is 3.36. The van der Waals surface area contributed by atoms with Gasteiger partial charge in [-0.05, 0) is 35.9 Å². The number of rotatable bonds is 6. The highest BCUT2D eigenvalue weighted by Crippen LogP contribution is 2.29. The topological polar surface area (TPSA) is 83.4 Å². The van der Waals surface area contributed by atoms with E-state index in [0.717, 1.165) is 28.6 Å². The molecule has 2 aromatic carbocycles. The zero-order valence-corrected chi connectivity index (χ0v) is 15.4. The molecule has 4 aromatic rings. The minimum atomic E-state index is 0.500. The molecule has 0 fully saturated rings. The molecule has 0 N–H and O–H groups in total. The Kier molecular flexibility index (Phi) is 4.50. The molecule has 7 nitrogen and oxygen atoms in total. The quantitative estimate of drug-likeness (QED) is 0.510. The van der Waals surface area contributed by atoms with Gasteiger partial charge in [-0.1, -0.05) is 18.1 Å². The summed E-state index contributed by atoms with van der Waals surface area (Å²) in [6, 6.07) is 11.4. The molecule has 0 amide bonds. The molecule has 0 saturated heterocycles. The number of nitrogens with zero attached hydrogens (tertiary/aromatic N) is 3. The van der Waals surface area contributed by atoms with E-state index in [0.29, 0.717) is 35.5 Å². The summed E-state index contributed by atoms with van der Waals surface area (Å²) in [6.07, 6.45) is 1.25. The van der Waals surface area contributed by atoms with Gasteiger partial charge >= 0.3 is 0 Å². The fourth-order valence-corrected chi connectivity index (χ4v) is 2.87. The second-order valence-corrected chi connectivity index (χ2v) is 6.02. The first-order chi connectivity index (χ1) is 13.2. The van der Waals surface area contributed by atoms with Crippen molar-refractivity contribution < 1.29 is 18.4 Å². The van der Waals surface area contributed by atoms with Gasteiger partial charge in [-0.2, -0.15) is 4.98 Å². The largest absolute Gasteiger partial charge is 0.493 e. The molecule has 0 aliphatic rings. The minimum absolute atomic E-state index is 0.500. The van der Waals surface area contributed by atoms with Crippen LogP contribution in [0.3, 0.4) is 0 Å². The monoisotopic (exact) mass is 365 g/mol. The Morgan fingerprint density at radius 3 is 2.56 bits per heavy atom. The lowest BCUT2D eigenvalue weighted by Gasteiger charge is -2.08. The Balaban J connectivity index is 1.58. The maximum atomic E-state index is 5.64. The zero-order valence-electron chi connectivity index (χ0n) is 15.4. The van der Waals surface area contributed by atoms with E-state index in [2.05, 4.69) is 15.1 Å². The van der Waals surface area contributed by atoms with Crippen molar-refractivity contribution in [2.75, 3.05) is 14.2 Å². The number of methoxy groups -OCH3 is 2. The second-order valence-electron chi connectivity index (χ2n) is 6.02. The number of hydrogen-bond donors (Lipinski definition) is 0. The third-order valence-corrected chi connectivity index (χ3v) is 4.26. The van der Waals surface area contributed by atoms with Crippen molar-refractivity contribution in [3.63, 3.8) is 0 Å². The van der Waals surface area contributed by atoms with Crippen LogP contribution in [0.5, 0.6) is 11.5 Å². The average Bonchev–Trinajstić information content (AvgIpc) is 3.33. The van der Waals surface area contributed by atoms with Crippen molar-refractivity contribution in [3.05, 3.63) is 53.7 Å². The maximum Gasteiger partial charge on any atom is 0.231 e. The normalized spacial score (nSPS) is 11.1. The lowest BCUT2D eigenvalue weighted by Crippen LogP contribution is -1.94. The van der Waals surface area contributed by atoms with Gasteiger partial charge in [0.1, 0.15) is 5.52 Å². The number of fused-ring (bicyclic) bond motifs is 1. The fourth-order valence-electron chi connectivity index (χ4n) is 2.87. The molecule has 0 atom stereocenters. The van der Waals surface area contributed by atoms with Gasteiger partial charge in [0.05, 0.1) is 20.6 Å². The molecule has 2 aromatic heterocycles. The van der Waals surface area contributed by atoms with Crippen molar-refractivity contribution in [1.29, 1.82) is 0 Å². The van der Waals surface area contributed by atoms with Crippen LogP contribution in [0.4, 0.5) is 0 Å². The summed E-state index contributed by atoms with van der Waals surface area (Å²) in [4.78, 5) is 8.95. The average molecular weight is 365 g/mol. The summed E-state index contributed by atoms with van der Waals surface area (Å²) in [5, 5.41) is 4.09. The van der Waals surface area contributed by atoms with E-state index in [1.54, 1.807) is 14.2 Å².